The van der Waals surface area contributed by atoms with Gasteiger partial charge in [0.05, 0.1) is 12.1 Å². The molecule has 0 unspecified atom stereocenters. The van der Waals surface area contributed by atoms with E-state index >= 15 is 0 Å². The van der Waals surface area contributed by atoms with E-state index in [-0.39, 0.29) is 5.75 Å². The van der Waals surface area contributed by atoms with Gasteiger partial charge in [-0.3, -0.25) is 0 Å². The number of nitrogens with zero attached hydrogens (tertiary/aromatic N) is 2. The summed E-state index contributed by atoms with van der Waals surface area (Å²) in [4.78, 5) is 4.40. The van der Waals surface area contributed by atoms with Crippen LogP contribution in [0.15, 0.2) is 16.6 Å². The zero-order valence-electron chi connectivity index (χ0n) is 9.43. The largest absolute Gasteiger partial charge is 0.491 e. The lowest BCUT2D eigenvalue weighted by molar-refractivity contribution is 0.315. The van der Waals surface area contributed by atoms with E-state index in [1.165, 1.54) is 0 Å². The summed E-state index contributed by atoms with van der Waals surface area (Å²) in [6, 6.07) is 3.78. The minimum absolute atomic E-state index is 0.0267. The molecule has 0 aliphatic carbocycles. The highest BCUT2D eigenvalue weighted by Crippen LogP contribution is 2.33. The molecule has 0 amide bonds. The molecule has 0 saturated heterocycles. The summed E-state index contributed by atoms with van der Waals surface area (Å²) in [7, 11) is -2.47. The summed E-state index contributed by atoms with van der Waals surface area (Å²) in [6.45, 7) is 1.37. The first-order valence-electron chi connectivity index (χ1n) is 5.58. The second-order valence-electron chi connectivity index (χ2n) is 4.14. The van der Waals surface area contributed by atoms with Crippen molar-refractivity contribution in [3.05, 3.63) is 22.4 Å². The van der Waals surface area contributed by atoms with Gasteiger partial charge in [-0.1, -0.05) is 15.9 Å². The number of imidazole rings is 1. The van der Waals surface area contributed by atoms with E-state index in [1.807, 2.05) is 16.7 Å². The Morgan fingerprint density at radius 2 is 2.28 bits per heavy atom. The Morgan fingerprint density at radius 1 is 1.44 bits per heavy atom. The van der Waals surface area contributed by atoms with Crippen molar-refractivity contribution in [1.29, 1.82) is 0 Å². The van der Waals surface area contributed by atoms with Crippen LogP contribution in [0.25, 0.3) is 11.0 Å². The lowest BCUT2D eigenvalue weighted by Crippen LogP contribution is -2.04. The van der Waals surface area contributed by atoms with Gasteiger partial charge in [0.25, 0.3) is 0 Å². The molecule has 0 fully saturated rings. The number of hydrogen-bond donors (Lipinski definition) is 1. The topological polar surface area (TPSA) is 61.2 Å². The van der Waals surface area contributed by atoms with Gasteiger partial charge in [-0.2, -0.15) is 0 Å². The molecule has 2 aromatic rings. The Kier molecular flexibility index (Phi) is 3.03. The highest BCUT2D eigenvalue weighted by molar-refractivity contribution is 9.10. The normalized spacial score (nSPS) is 14.8. The molecule has 0 bridgehead atoms. The van der Waals surface area contributed by atoms with Crippen molar-refractivity contribution in [3.63, 3.8) is 0 Å². The summed E-state index contributed by atoms with van der Waals surface area (Å²) >= 11 is 3.41. The molecule has 1 aromatic heterocycles. The Hall–Kier alpha value is -1.08. The zero-order chi connectivity index (χ0) is 12.7. The average Bonchev–Trinajstić information content (AvgIpc) is 2.49. The van der Waals surface area contributed by atoms with Crippen molar-refractivity contribution < 1.29 is 13.2 Å². The third-order valence-corrected chi connectivity index (χ3v) is 3.90. The van der Waals surface area contributed by atoms with Crippen molar-refractivity contribution in [3.8, 4) is 5.75 Å². The number of aryl methyl sites for hydroxylation is 1. The quantitative estimate of drug-likeness (QED) is 0.851. The van der Waals surface area contributed by atoms with Gasteiger partial charge in [0.2, 0.25) is 0 Å². The van der Waals surface area contributed by atoms with Crippen LogP contribution in [0.4, 0.5) is 0 Å². The van der Waals surface area contributed by atoms with Crippen molar-refractivity contribution >= 4 is 37.7 Å². The molecule has 0 atom stereocenters. The molecule has 18 heavy (non-hydrogen) atoms. The van der Waals surface area contributed by atoms with Crippen molar-refractivity contribution in [2.45, 2.75) is 18.7 Å². The van der Waals surface area contributed by atoms with Gasteiger partial charge in [-0.25, -0.2) is 13.4 Å². The number of ether oxygens (including phenoxy) is 1. The molecular weight excluding hydrogens is 320 g/mol. The lowest BCUT2D eigenvalue weighted by Gasteiger charge is -2.04. The van der Waals surface area contributed by atoms with E-state index < -0.39 is 10.7 Å². The first-order chi connectivity index (χ1) is 8.65. The fraction of sp³-hybridized carbons (Fsp3) is 0.364. The predicted octanol–water partition coefficient (Wildman–Crippen LogP) is 1.69. The van der Waals surface area contributed by atoms with E-state index in [4.69, 9.17) is 4.74 Å². The van der Waals surface area contributed by atoms with Crippen LogP contribution in [0, 0.1) is 0 Å². The van der Waals surface area contributed by atoms with Gasteiger partial charge in [-0.15, -0.1) is 0 Å². The SMILES string of the molecule is O=[SH](=O)Cc1nc2cc(Br)cc3c2n1CCCO3. The van der Waals surface area contributed by atoms with E-state index in [0.717, 1.165) is 34.2 Å². The predicted molar refractivity (Wildman–Crippen MR) is 71.6 cm³/mol. The minimum Gasteiger partial charge on any atom is -0.491 e. The van der Waals surface area contributed by atoms with Crippen molar-refractivity contribution in [2.75, 3.05) is 6.61 Å². The summed E-state index contributed by atoms with van der Waals surface area (Å²) in [5, 5.41) is 0. The molecule has 7 heteroatoms. The molecule has 96 valence electrons. The summed E-state index contributed by atoms with van der Waals surface area (Å²) < 4.78 is 30.3. The smallest absolute Gasteiger partial charge is 0.147 e. The van der Waals surface area contributed by atoms with E-state index in [2.05, 4.69) is 20.9 Å². The molecule has 0 saturated carbocycles. The third-order valence-electron chi connectivity index (χ3n) is 2.90. The molecule has 5 nitrogen and oxygen atoms in total. The monoisotopic (exact) mass is 330 g/mol. The number of rotatable bonds is 2. The Morgan fingerprint density at radius 3 is 3.06 bits per heavy atom. The average molecular weight is 331 g/mol. The highest BCUT2D eigenvalue weighted by atomic mass is 79.9. The number of hydrogen-bond acceptors (Lipinski definition) is 4. The van der Waals surface area contributed by atoms with Gasteiger partial charge in [0.15, 0.2) is 0 Å². The summed E-state index contributed by atoms with van der Waals surface area (Å²) in [6.07, 6.45) is 0.848. The minimum atomic E-state index is -2.47. The number of thiol groups is 1. The molecule has 2 heterocycles. The number of benzene rings is 1. The Labute approximate surface area is 114 Å². The molecule has 1 aromatic carbocycles. The molecule has 3 rings (SSSR count). The van der Waals surface area contributed by atoms with Gasteiger partial charge in [0, 0.05) is 11.0 Å². The van der Waals surface area contributed by atoms with Gasteiger partial charge >= 0.3 is 0 Å². The molecule has 0 N–H and O–H groups in total. The maximum absolute atomic E-state index is 10.9. The fourth-order valence-electron chi connectivity index (χ4n) is 2.24. The Bertz CT molecular complexity index is 685. The van der Waals surface area contributed by atoms with Crippen LogP contribution in [-0.2, 0) is 23.0 Å². The standard InChI is InChI=1S/C11H11BrN2O3S/c12-7-4-8-11-9(5-7)17-3-1-2-14(11)10(13-8)6-18(15)16/h4-5,18H,1-3,6H2. The summed E-state index contributed by atoms with van der Waals surface area (Å²) in [5.41, 5.74) is 1.66. The third kappa shape index (κ3) is 2.01. The number of aromatic nitrogens is 2. The Balaban J connectivity index is 2.29. The molecular formula is C11H11BrN2O3S. The van der Waals surface area contributed by atoms with Crippen LogP contribution in [0.3, 0.4) is 0 Å². The van der Waals surface area contributed by atoms with Crippen LogP contribution in [0.2, 0.25) is 0 Å². The van der Waals surface area contributed by atoms with Crippen LogP contribution < -0.4 is 4.74 Å². The van der Waals surface area contributed by atoms with Gasteiger partial charge in [-0.05, 0) is 18.6 Å². The number of halogens is 1. The lowest BCUT2D eigenvalue weighted by atomic mass is 10.3. The van der Waals surface area contributed by atoms with Gasteiger partial charge < -0.3 is 9.30 Å². The molecule has 0 radical (unpaired) electrons. The van der Waals surface area contributed by atoms with E-state index in [0.29, 0.717) is 12.4 Å². The summed E-state index contributed by atoms with van der Waals surface area (Å²) in [5.74, 6) is 1.32. The zero-order valence-corrected chi connectivity index (χ0v) is 11.9. The second kappa shape index (κ2) is 4.55. The van der Waals surface area contributed by atoms with Crippen LogP contribution in [0.1, 0.15) is 12.2 Å². The molecule has 1 aliphatic heterocycles. The fourth-order valence-corrected chi connectivity index (χ4v) is 3.13. The first-order valence-corrected chi connectivity index (χ1v) is 7.74. The maximum Gasteiger partial charge on any atom is 0.147 e. The maximum atomic E-state index is 10.9. The first kappa shape index (κ1) is 12.0. The van der Waals surface area contributed by atoms with Crippen LogP contribution in [-0.4, -0.2) is 24.6 Å². The molecule has 1 aliphatic rings. The second-order valence-corrected chi connectivity index (χ2v) is 6.04. The van der Waals surface area contributed by atoms with E-state index in [1.54, 1.807) is 0 Å². The van der Waals surface area contributed by atoms with Crippen molar-refractivity contribution in [1.82, 2.24) is 9.55 Å². The highest BCUT2D eigenvalue weighted by Gasteiger charge is 2.18. The van der Waals surface area contributed by atoms with E-state index in [9.17, 15) is 8.42 Å². The van der Waals surface area contributed by atoms with Crippen molar-refractivity contribution in [2.24, 2.45) is 0 Å². The van der Waals surface area contributed by atoms with Crippen LogP contribution >= 0.6 is 15.9 Å². The van der Waals surface area contributed by atoms with Crippen LogP contribution in [0.5, 0.6) is 5.75 Å². The molecule has 0 spiro atoms. The van der Waals surface area contributed by atoms with Gasteiger partial charge in [0.1, 0.15) is 33.5 Å².